The molecule has 21 heavy (non-hydrogen) atoms. The Morgan fingerprint density at radius 2 is 2.43 bits per heavy atom. The highest BCUT2D eigenvalue weighted by Crippen LogP contribution is 2.40. The summed E-state index contributed by atoms with van der Waals surface area (Å²) in [4.78, 5) is 12.1. The fraction of sp³-hybridized carbons (Fsp3) is 0.714. The number of hydrogen-bond acceptors (Lipinski definition) is 4. The Morgan fingerprint density at radius 3 is 3.10 bits per heavy atom. The fourth-order valence-electron chi connectivity index (χ4n) is 2.68. The first kappa shape index (κ1) is 16.3. The van der Waals surface area contributed by atoms with Gasteiger partial charge in [0.1, 0.15) is 5.82 Å². The van der Waals surface area contributed by atoms with Crippen molar-refractivity contribution in [3.05, 3.63) is 12.3 Å². The molecule has 1 aromatic rings. The van der Waals surface area contributed by atoms with E-state index < -0.39 is 0 Å². The van der Waals surface area contributed by atoms with Gasteiger partial charge in [-0.15, -0.1) is 12.4 Å². The number of nitrogens with zero attached hydrogens (tertiary/aromatic N) is 2. The Kier molecular flexibility index (Phi) is 5.61. The Morgan fingerprint density at radius 1 is 1.62 bits per heavy atom. The largest absolute Gasteiger partial charge is 0.378 e. The first-order valence-corrected chi connectivity index (χ1v) is 7.38. The molecular formula is C14H23ClN4O2. The molecule has 0 bridgehead atoms. The molecule has 0 aromatic carbocycles. The van der Waals surface area contributed by atoms with E-state index in [-0.39, 0.29) is 24.4 Å². The molecule has 6 nitrogen and oxygen atoms in total. The summed E-state index contributed by atoms with van der Waals surface area (Å²) in [6.45, 7) is 4.31. The number of morpholine rings is 1. The number of anilines is 1. The van der Waals surface area contributed by atoms with Gasteiger partial charge < -0.3 is 15.4 Å². The van der Waals surface area contributed by atoms with Gasteiger partial charge in [-0.25, -0.2) is 4.68 Å². The number of amides is 1. The van der Waals surface area contributed by atoms with Crippen LogP contribution in [-0.4, -0.2) is 41.5 Å². The van der Waals surface area contributed by atoms with E-state index in [1.165, 1.54) is 12.8 Å². The molecule has 1 saturated carbocycles. The maximum Gasteiger partial charge on any atom is 0.227 e. The van der Waals surface area contributed by atoms with Gasteiger partial charge in [-0.1, -0.05) is 0 Å². The minimum atomic E-state index is 0. The third-order valence-corrected chi connectivity index (χ3v) is 4.06. The minimum absolute atomic E-state index is 0. The number of aromatic nitrogens is 2. The third-order valence-electron chi connectivity index (χ3n) is 4.06. The number of nitrogens with one attached hydrogen (secondary N) is 2. The van der Waals surface area contributed by atoms with Crippen molar-refractivity contribution in [3.8, 4) is 0 Å². The second-order valence-electron chi connectivity index (χ2n) is 5.72. The number of carbonyl (C=O) groups is 1. The molecule has 2 atom stereocenters. The highest BCUT2D eigenvalue weighted by molar-refractivity contribution is 5.90. The first-order valence-electron chi connectivity index (χ1n) is 7.38. The molecule has 2 heterocycles. The van der Waals surface area contributed by atoms with E-state index in [0.717, 1.165) is 19.0 Å². The van der Waals surface area contributed by atoms with Gasteiger partial charge in [-0.3, -0.25) is 4.79 Å². The van der Waals surface area contributed by atoms with E-state index in [2.05, 4.69) is 22.7 Å². The molecule has 2 unspecified atom stereocenters. The molecule has 2 N–H and O–H groups in total. The van der Waals surface area contributed by atoms with Crippen molar-refractivity contribution in [2.75, 3.05) is 25.1 Å². The van der Waals surface area contributed by atoms with Crippen LogP contribution >= 0.6 is 12.4 Å². The molecule has 1 aliphatic carbocycles. The SMILES string of the molecule is CC(C1CC1)n1nccc1NC(=O)CC1COCCN1.Cl. The number of ether oxygens (including phenoxy) is 1. The standard InChI is InChI=1S/C14H22N4O2.ClH/c1-10(11-2-3-11)18-13(4-5-16-18)17-14(19)8-12-9-20-7-6-15-12;/h4-5,10-12,15H,2-3,6-9H2,1H3,(H,17,19);1H. The number of rotatable bonds is 5. The monoisotopic (exact) mass is 314 g/mol. The molecule has 1 aliphatic heterocycles. The van der Waals surface area contributed by atoms with E-state index in [9.17, 15) is 4.79 Å². The molecular weight excluding hydrogens is 292 g/mol. The summed E-state index contributed by atoms with van der Waals surface area (Å²) in [5.74, 6) is 1.52. The van der Waals surface area contributed by atoms with Gasteiger partial charge in [0.15, 0.2) is 0 Å². The molecule has 2 fully saturated rings. The van der Waals surface area contributed by atoms with E-state index >= 15 is 0 Å². The highest BCUT2D eigenvalue weighted by atomic mass is 35.5. The normalized spacial score (nSPS) is 23.2. The lowest BCUT2D eigenvalue weighted by molar-refractivity contribution is -0.117. The van der Waals surface area contributed by atoms with Gasteiger partial charge in [0.05, 0.1) is 25.5 Å². The van der Waals surface area contributed by atoms with E-state index in [4.69, 9.17) is 4.74 Å². The predicted molar refractivity (Wildman–Crippen MR) is 82.8 cm³/mol. The molecule has 118 valence electrons. The van der Waals surface area contributed by atoms with Crippen molar-refractivity contribution in [1.29, 1.82) is 0 Å². The topological polar surface area (TPSA) is 68.2 Å². The maximum absolute atomic E-state index is 12.1. The zero-order valence-corrected chi connectivity index (χ0v) is 13.1. The van der Waals surface area contributed by atoms with Crippen LogP contribution in [0.4, 0.5) is 5.82 Å². The second kappa shape index (κ2) is 7.24. The molecule has 0 radical (unpaired) electrons. The summed E-state index contributed by atoms with van der Waals surface area (Å²) < 4.78 is 7.29. The van der Waals surface area contributed by atoms with Crippen molar-refractivity contribution in [3.63, 3.8) is 0 Å². The molecule has 1 amide bonds. The summed E-state index contributed by atoms with van der Waals surface area (Å²) in [5, 5.41) is 10.6. The number of halogens is 1. The van der Waals surface area contributed by atoms with E-state index in [1.54, 1.807) is 6.20 Å². The van der Waals surface area contributed by atoms with Crippen LogP contribution in [-0.2, 0) is 9.53 Å². The summed E-state index contributed by atoms with van der Waals surface area (Å²) in [6, 6.07) is 2.33. The number of carbonyl (C=O) groups excluding carboxylic acids is 1. The van der Waals surface area contributed by atoms with Crippen LogP contribution in [0.2, 0.25) is 0 Å². The zero-order valence-electron chi connectivity index (χ0n) is 12.2. The van der Waals surface area contributed by atoms with Crippen molar-refractivity contribution in [2.45, 2.75) is 38.3 Å². The smallest absolute Gasteiger partial charge is 0.227 e. The van der Waals surface area contributed by atoms with Crippen molar-refractivity contribution >= 4 is 24.1 Å². The molecule has 0 spiro atoms. The van der Waals surface area contributed by atoms with Gasteiger partial charge in [0, 0.05) is 25.1 Å². The lowest BCUT2D eigenvalue weighted by Crippen LogP contribution is -2.43. The lowest BCUT2D eigenvalue weighted by Gasteiger charge is -2.23. The maximum atomic E-state index is 12.1. The van der Waals surface area contributed by atoms with Gasteiger partial charge >= 0.3 is 0 Å². The van der Waals surface area contributed by atoms with Gasteiger partial charge in [0.25, 0.3) is 0 Å². The first-order chi connectivity index (χ1) is 9.74. The lowest BCUT2D eigenvalue weighted by atomic mass is 10.2. The summed E-state index contributed by atoms with van der Waals surface area (Å²) in [5.41, 5.74) is 0. The molecule has 7 heteroatoms. The van der Waals surface area contributed by atoms with Gasteiger partial charge in [0.2, 0.25) is 5.91 Å². The van der Waals surface area contributed by atoms with Crippen LogP contribution in [0, 0.1) is 5.92 Å². The predicted octanol–water partition coefficient (Wildman–Crippen LogP) is 1.59. The van der Waals surface area contributed by atoms with Gasteiger partial charge in [-0.05, 0) is 25.7 Å². The Bertz CT molecular complexity index is 469. The number of hydrogen-bond donors (Lipinski definition) is 2. The van der Waals surface area contributed by atoms with Crippen molar-refractivity contribution < 1.29 is 9.53 Å². The Hall–Kier alpha value is -1.11. The van der Waals surface area contributed by atoms with Crippen LogP contribution in [0.15, 0.2) is 12.3 Å². The van der Waals surface area contributed by atoms with E-state index in [1.807, 2.05) is 10.7 Å². The molecule has 1 saturated heterocycles. The zero-order chi connectivity index (χ0) is 13.9. The Labute approximate surface area is 131 Å². The molecule has 3 rings (SSSR count). The summed E-state index contributed by atoms with van der Waals surface area (Å²) in [6.07, 6.45) is 4.70. The van der Waals surface area contributed by atoms with Crippen LogP contribution in [0.5, 0.6) is 0 Å². The minimum Gasteiger partial charge on any atom is -0.378 e. The third kappa shape index (κ3) is 4.18. The quantitative estimate of drug-likeness (QED) is 0.866. The van der Waals surface area contributed by atoms with Gasteiger partial charge in [-0.2, -0.15) is 5.10 Å². The van der Waals surface area contributed by atoms with Crippen LogP contribution in [0.25, 0.3) is 0 Å². The Balaban J connectivity index is 0.00000161. The van der Waals surface area contributed by atoms with Crippen LogP contribution < -0.4 is 10.6 Å². The van der Waals surface area contributed by atoms with Crippen molar-refractivity contribution in [1.82, 2.24) is 15.1 Å². The summed E-state index contributed by atoms with van der Waals surface area (Å²) >= 11 is 0. The molecule has 2 aliphatic rings. The average Bonchev–Trinajstić information content (AvgIpc) is 3.20. The summed E-state index contributed by atoms with van der Waals surface area (Å²) in [7, 11) is 0. The molecule has 1 aromatic heterocycles. The second-order valence-corrected chi connectivity index (χ2v) is 5.72. The highest BCUT2D eigenvalue weighted by Gasteiger charge is 2.30. The average molecular weight is 315 g/mol. The van der Waals surface area contributed by atoms with Crippen LogP contribution in [0.1, 0.15) is 32.2 Å². The van der Waals surface area contributed by atoms with Crippen molar-refractivity contribution in [2.24, 2.45) is 5.92 Å². The van der Waals surface area contributed by atoms with Crippen LogP contribution in [0.3, 0.4) is 0 Å². The van der Waals surface area contributed by atoms with E-state index in [0.29, 0.717) is 25.0 Å². The fourth-order valence-corrected chi connectivity index (χ4v) is 2.68.